The molecule has 0 radical (unpaired) electrons. The maximum Gasteiger partial charge on any atom is 0.325 e. The normalized spacial score (nSPS) is 21.7. The van der Waals surface area contributed by atoms with E-state index in [1.54, 1.807) is 18.4 Å². The monoisotopic (exact) mass is 493 g/mol. The largest absolute Gasteiger partial charge is 0.359 e. The van der Waals surface area contributed by atoms with Crippen molar-refractivity contribution >= 4 is 23.2 Å². The lowest BCUT2D eigenvalue weighted by atomic mass is 9.81. The van der Waals surface area contributed by atoms with E-state index in [2.05, 4.69) is 25.7 Å². The van der Waals surface area contributed by atoms with E-state index in [4.69, 9.17) is 9.62 Å². The molecule has 2 unspecified atom stereocenters. The average Bonchev–Trinajstić information content (AvgIpc) is 3.62. The van der Waals surface area contributed by atoms with E-state index >= 15 is 0 Å². The van der Waals surface area contributed by atoms with Crippen LogP contribution in [-0.4, -0.2) is 49.8 Å². The van der Waals surface area contributed by atoms with E-state index in [1.807, 2.05) is 12.1 Å². The molecule has 2 N–H and O–H groups in total. The molecule has 0 spiro atoms. The van der Waals surface area contributed by atoms with Crippen LogP contribution in [0.25, 0.3) is 5.65 Å². The van der Waals surface area contributed by atoms with Crippen LogP contribution in [-0.2, 0) is 0 Å². The van der Waals surface area contributed by atoms with Crippen LogP contribution in [0.3, 0.4) is 0 Å². The molecule has 36 heavy (non-hydrogen) atoms. The number of aromatic nitrogens is 4. The quantitative estimate of drug-likeness (QED) is 0.431. The first kappa shape index (κ1) is 22.6. The van der Waals surface area contributed by atoms with E-state index in [0.717, 1.165) is 31.1 Å². The minimum Gasteiger partial charge on any atom is -0.359 e. The van der Waals surface area contributed by atoms with Crippen molar-refractivity contribution in [3.63, 3.8) is 0 Å². The summed E-state index contributed by atoms with van der Waals surface area (Å²) in [5.74, 6) is -0.344. The number of carbonyl (C=O) groups excluding carboxylic acids is 1. The van der Waals surface area contributed by atoms with Gasteiger partial charge in [0, 0.05) is 24.4 Å². The van der Waals surface area contributed by atoms with Crippen LogP contribution in [0.4, 0.5) is 25.1 Å². The summed E-state index contributed by atoms with van der Waals surface area (Å²) < 4.78 is 35.6. The zero-order valence-corrected chi connectivity index (χ0v) is 19.8. The summed E-state index contributed by atoms with van der Waals surface area (Å²) in [7, 11) is 0. The van der Waals surface area contributed by atoms with Gasteiger partial charge in [-0.3, -0.25) is 10.2 Å². The first-order valence-electron chi connectivity index (χ1n) is 11.9. The molecule has 2 amide bonds. The molecule has 2 aliphatic rings. The van der Waals surface area contributed by atoms with Gasteiger partial charge in [-0.15, -0.1) is 0 Å². The molecule has 4 aromatic rings. The number of nitrogens with one attached hydrogen (secondary N) is 2. The van der Waals surface area contributed by atoms with Crippen molar-refractivity contribution in [2.24, 2.45) is 0 Å². The summed E-state index contributed by atoms with van der Waals surface area (Å²) in [5, 5.41) is 14.2. The lowest BCUT2D eigenvalue weighted by Crippen LogP contribution is -2.26. The minimum absolute atomic E-state index is 0.125. The molecule has 5 heterocycles. The van der Waals surface area contributed by atoms with Crippen LogP contribution < -0.4 is 10.6 Å². The third kappa shape index (κ3) is 3.79. The van der Waals surface area contributed by atoms with Crippen LogP contribution >= 0.6 is 0 Å². The molecule has 3 aromatic heterocycles. The topological polar surface area (TPSA) is 101 Å². The molecule has 0 aliphatic carbocycles. The molecule has 2 fully saturated rings. The van der Waals surface area contributed by atoms with Gasteiger partial charge in [-0.2, -0.15) is 9.61 Å². The second-order valence-corrected chi connectivity index (χ2v) is 9.45. The Morgan fingerprint density at radius 2 is 2.03 bits per heavy atom. The second-order valence-electron chi connectivity index (χ2n) is 9.45. The van der Waals surface area contributed by atoms with Gasteiger partial charge in [0.15, 0.2) is 17.2 Å². The van der Waals surface area contributed by atoms with Crippen molar-refractivity contribution in [2.45, 2.75) is 44.6 Å². The summed E-state index contributed by atoms with van der Waals surface area (Å²) in [5.41, 5.74) is 2.75. The molecule has 2 saturated heterocycles. The van der Waals surface area contributed by atoms with Gasteiger partial charge >= 0.3 is 6.03 Å². The summed E-state index contributed by atoms with van der Waals surface area (Å²) in [4.78, 5) is 19.4. The number of hydrogen-bond acceptors (Lipinski definition) is 6. The Morgan fingerprint density at radius 3 is 2.83 bits per heavy atom. The van der Waals surface area contributed by atoms with E-state index < -0.39 is 17.7 Å². The zero-order chi connectivity index (χ0) is 25.0. The molecule has 11 heteroatoms. The molecule has 1 aromatic carbocycles. The molecular weight excluding hydrogens is 468 g/mol. The van der Waals surface area contributed by atoms with Gasteiger partial charge in [0.05, 0.1) is 11.9 Å². The van der Waals surface area contributed by atoms with Crippen LogP contribution in [0.5, 0.6) is 0 Å². The van der Waals surface area contributed by atoms with Crippen LogP contribution in [0.1, 0.15) is 47.4 Å². The van der Waals surface area contributed by atoms with Crippen molar-refractivity contribution in [1.29, 1.82) is 0 Å². The van der Waals surface area contributed by atoms with Gasteiger partial charge < -0.3 is 9.84 Å². The Kier molecular flexibility index (Phi) is 5.44. The predicted octanol–water partition coefficient (Wildman–Crippen LogP) is 4.60. The fraction of sp³-hybridized carbons (Fsp3) is 0.360. The first-order valence-corrected chi connectivity index (χ1v) is 11.9. The molecule has 9 nitrogen and oxygen atoms in total. The highest BCUT2D eigenvalue weighted by Gasteiger charge is 2.46. The number of carbonyl (C=O) groups is 1. The summed E-state index contributed by atoms with van der Waals surface area (Å²) in [6.07, 6.45) is 3.55. The third-order valence-corrected chi connectivity index (χ3v) is 7.29. The number of hydrogen-bond donors (Lipinski definition) is 2. The Morgan fingerprint density at radius 1 is 1.17 bits per heavy atom. The Hall–Kier alpha value is -3.86. The number of anilines is 2. The van der Waals surface area contributed by atoms with Crippen molar-refractivity contribution in [2.75, 3.05) is 23.7 Å². The van der Waals surface area contributed by atoms with Gasteiger partial charge in [-0.1, -0.05) is 5.16 Å². The number of amides is 2. The number of nitrogens with zero attached hydrogens (tertiary/aromatic N) is 5. The van der Waals surface area contributed by atoms with E-state index in [0.29, 0.717) is 40.7 Å². The molecule has 6 rings (SSSR count). The van der Waals surface area contributed by atoms with Crippen molar-refractivity contribution in [3.05, 3.63) is 70.9 Å². The summed E-state index contributed by atoms with van der Waals surface area (Å²) in [6.45, 7) is 5.02. The lowest BCUT2D eigenvalue weighted by Gasteiger charge is -2.23. The smallest absolute Gasteiger partial charge is 0.325 e. The van der Waals surface area contributed by atoms with E-state index in [1.165, 1.54) is 18.3 Å². The SMILES string of the molecule is Cc1noc(C)c1NC(=O)Nc1cnc2ccc([C@@H]3C(c4cc(F)ccc4F)CN4CCCC34)nn12. The molecule has 2 aliphatic heterocycles. The average molecular weight is 494 g/mol. The standard InChI is InChI=1S/C25H25F2N7O2/c1-13-24(14(2)36-32-13)30-25(35)29-22-11-28-21-8-7-19(31-34(21)22)23-17(12-33-9-3-4-20(23)33)16-10-15(26)5-6-18(16)27/h5-8,10-11,17,20,23H,3-4,9,12H2,1-2H3,(H2,29,30,35)/t17?,20?,23-/m0/s1. The summed E-state index contributed by atoms with van der Waals surface area (Å²) in [6, 6.07) is 7.06. The number of benzene rings is 1. The van der Waals surface area contributed by atoms with Gasteiger partial charge in [0.2, 0.25) is 0 Å². The van der Waals surface area contributed by atoms with Crippen LogP contribution in [0.2, 0.25) is 0 Å². The lowest BCUT2D eigenvalue weighted by molar-refractivity contribution is 0.262. The van der Waals surface area contributed by atoms with Crippen molar-refractivity contribution in [3.8, 4) is 0 Å². The molecular formula is C25H25F2N7O2. The Balaban J connectivity index is 1.34. The fourth-order valence-electron chi connectivity index (χ4n) is 5.69. The highest BCUT2D eigenvalue weighted by Crippen LogP contribution is 2.48. The van der Waals surface area contributed by atoms with Gasteiger partial charge in [0.1, 0.15) is 23.0 Å². The Bertz CT molecular complexity index is 1450. The highest BCUT2D eigenvalue weighted by molar-refractivity contribution is 6.00. The summed E-state index contributed by atoms with van der Waals surface area (Å²) >= 11 is 0. The molecule has 0 bridgehead atoms. The van der Waals surface area contributed by atoms with Gasteiger partial charge in [-0.25, -0.2) is 18.6 Å². The molecule has 186 valence electrons. The second kappa shape index (κ2) is 8.66. The highest BCUT2D eigenvalue weighted by atomic mass is 19.1. The predicted molar refractivity (Wildman–Crippen MR) is 128 cm³/mol. The number of aryl methyl sites for hydroxylation is 2. The number of fused-ring (bicyclic) bond motifs is 2. The van der Waals surface area contributed by atoms with Gasteiger partial charge in [0.25, 0.3) is 0 Å². The van der Waals surface area contributed by atoms with Crippen molar-refractivity contribution in [1.82, 2.24) is 24.7 Å². The van der Waals surface area contributed by atoms with Gasteiger partial charge in [-0.05, 0) is 69.1 Å². The number of urea groups is 1. The number of imidazole rings is 1. The minimum atomic E-state index is -0.485. The van der Waals surface area contributed by atoms with E-state index in [9.17, 15) is 13.6 Å². The molecule has 0 saturated carbocycles. The maximum atomic E-state index is 14.8. The number of rotatable bonds is 4. The first-order chi connectivity index (χ1) is 17.4. The van der Waals surface area contributed by atoms with Crippen LogP contribution in [0, 0.1) is 25.5 Å². The fourth-order valence-corrected chi connectivity index (χ4v) is 5.69. The van der Waals surface area contributed by atoms with Crippen LogP contribution in [0.15, 0.2) is 41.1 Å². The maximum absolute atomic E-state index is 14.8. The zero-order valence-electron chi connectivity index (χ0n) is 19.8. The Labute approximate surface area is 205 Å². The van der Waals surface area contributed by atoms with Crippen molar-refractivity contribution < 1.29 is 18.1 Å². The number of halogens is 2. The van der Waals surface area contributed by atoms with E-state index in [-0.39, 0.29) is 17.9 Å². The molecule has 3 atom stereocenters. The third-order valence-electron chi connectivity index (χ3n) is 7.29.